The van der Waals surface area contributed by atoms with Crippen LogP contribution in [0.3, 0.4) is 0 Å². The highest BCUT2D eigenvalue weighted by atomic mass is 16.5. The summed E-state index contributed by atoms with van der Waals surface area (Å²) in [7, 11) is 0. The second-order valence-electron chi connectivity index (χ2n) is 4.73. The third-order valence-electron chi connectivity index (χ3n) is 3.51. The number of hydrogen-bond donors (Lipinski definition) is 0. The number of amides is 1. The van der Waals surface area contributed by atoms with Crippen molar-refractivity contribution in [2.75, 3.05) is 39.4 Å². The summed E-state index contributed by atoms with van der Waals surface area (Å²) in [5, 5.41) is 0. The average Bonchev–Trinajstić information content (AvgIpc) is 2.38. The molecule has 0 radical (unpaired) electrons. The van der Waals surface area contributed by atoms with Crippen LogP contribution in [0.15, 0.2) is 0 Å². The number of rotatable bonds is 2. The minimum atomic E-state index is -0.183. The zero-order valence-electron chi connectivity index (χ0n) is 10.4. The van der Waals surface area contributed by atoms with Crippen molar-refractivity contribution in [3.8, 4) is 0 Å². The Kier molecular flexibility index (Phi) is 4.12. The van der Waals surface area contributed by atoms with E-state index in [1.807, 2.05) is 16.7 Å². The topological polar surface area (TPSA) is 49.9 Å². The van der Waals surface area contributed by atoms with Gasteiger partial charge < -0.3 is 9.64 Å². The molecule has 2 heterocycles. The van der Waals surface area contributed by atoms with Crippen LogP contribution >= 0.6 is 0 Å². The molecule has 2 fully saturated rings. The van der Waals surface area contributed by atoms with Gasteiger partial charge in [-0.05, 0) is 19.9 Å². The number of ketones is 1. The zero-order chi connectivity index (χ0) is 12.3. The molecule has 2 aliphatic rings. The van der Waals surface area contributed by atoms with Crippen molar-refractivity contribution < 1.29 is 14.3 Å². The molecule has 0 aromatic rings. The van der Waals surface area contributed by atoms with E-state index in [-0.39, 0.29) is 17.7 Å². The van der Waals surface area contributed by atoms with Gasteiger partial charge in [-0.2, -0.15) is 0 Å². The number of carbonyl (C=O) groups excluding carboxylic acids is 2. The van der Waals surface area contributed by atoms with Crippen LogP contribution in [-0.4, -0.2) is 66.9 Å². The van der Waals surface area contributed by atoms with Crippen molar-refractivity contribution in [3.05, 3.63) is 0 Å². The molecule has 0 aromatic heterocycles. The molecule has 0 bridgehead atoms. The molecule has 17 heavy (non-hydrogen) atoms. The fourth-order valence-electron chi connectivity index (χ4n) is 2.40. The van der Waals surface area contributed by atoms with Crippen molar-refractivity contribution in [2.45, 2.75) is 25.8 Å². The van der Waals surface area contributed by atoms with Gasteiger partial charge in [0.25, 0.3) is 0 Å². The monoisotopic (exact) mass is 240 g/mol. The van der Waals surface area contributed by atoms with E-state index in [9.17, 15) is 9.59 Å². The van der Waals surface area contributed by atoms with Crippen LogP contribution in [0.4, 0.5) is 0 Å². The van der Waals surface area contributed by atoms with Gasteiger partial charge in [0.15, 0.2) is 0 Å². The van der Waals surface area contributed by atoms with Gasteiger partial charge in [-0.3, -0.25) is 14.5 Å². The Balaban J connectivity index is 1.91. The zero-order valence-corrected chi connectivity index (χ0v) is 10.4. The maximum Gasteiger partial charge on any atom is 0.239 e. The maximum absolute atomic E-state index is 12.2. The summed E-state index contributed by atoms with van der Waals surface area (Å²) < 4.78 is 5.23. The molecule has 2 saturated heterocycles. The Hall–Kier alpha value is -0.940. The van der Waals surface area contributed by atoms with E-state index in [4.69, 9.17) is 4.74 Å². The molecule has 1 amide bonds. The van der Waals surface area contributed by atoms with Crippen LogP contribution in [0.25, 0.3) is 0 Å². The van der Waals surface area contributed by atoms with Crippen molar-refractivity contribution in [3.63, 3.8) is 0 Å². The van der Waals surface area contributed by atoms with Crippen LogP contribution in [-0.2, 0) is 14.3 Å². The van der Waals surface area contributed by atoms with Crippen LogP contribution in [0, 0.1) is 0 Å². The van der Waals surface area contributed by atoms with Crippen molar-refractivity contribution in [1.29, 1.82) is 0 Å². The molecule has 96 valence electrons. The summed E-state index contributed by atoms with van der Waals surface area (Å²) in [6.45, 7) is 5.77. The minimum absolute atomic E-state index is 0.128. The number of carbonyl (C=O) groups is 2. The number of ether oxygens (including phenoxy) is 1. The lowest BCUT2D eigenvalue weighted by Crippen LogP contribution is -2.52. The number of morpholine rings is 1. The highest BCUT2D eigenvalue weighted by Crippen LogP contribution is 2.12. The molecule has 0 N–H and O–H groups in total. The summed E-state index contributed by atoms with van der Waals surface area (Å²) in [4.78, 5) is 27.4. The van der Waals surface area contributed by atoms with E-state index >= 15 is 0 Å². The lowest BCUT2D eigenvalue weighted by molar-refractivity contribution is -0.141. The van der Waals surface area contributed by atoms with E-state index in [1.54, 1.807) is 0 Å². The van der Waals surface area contributed by atoms with Crippen LogP contribution in [0.5, 0.6) is 0 Å². The van der Waals surface area contributed by atoms with Crippen LogP contribution in [0.1, 0.15) is 19.8 Å². The molecule has 1 unspecified atom stereocenters. The first-order valence-corrected chi connectivity index (χ1v) is 6.31. The van der Waals surface area contributed by atoms with Gasteiger partial charge in [-0.15, -0.1) is 0 Å². The van der Waals surface area contributed by atoms with Gasteiger partial charge in [-0.1, -0.05) is 0 Å². The molecule has 0 spiro atoms. The fraction of sp³-hybridized carbons (Fsp3) is 0.833. The van der Waals surface area contributed by atoms with Crippen molar-refractivity contribution in [1.82, 2.24) is 9.80 Å². The first kappa shape index (κ1) is 12.5. The van der Waals surface area contributed by atoms with Gasteiger partial charge in [0.1, 0.15) is 5.78 Å². The predicted molar refractivity (Wildman–Crippen MR) is 62.7 cm³/mol. The summed E-state index contributed by atoms with van der Waals surface area (Å²) in [6, 6.07) is -0.183. The molecule has 1 atom stereocenters. The standard InChI is InChI=1S/C12H20N2O3/c1-10(14-4-2-3-11(15)9-14)12(16)13-5-7-17-8-6-13/h10H,2-9H2,1H3. The first-order chi connectivity index (χ1) is 8.18. The molecule has 5 heteroatoms. The Bertz CT molecular complexity index is 300. The normalized spacial score (nSPS) is 24.8. The molecule has 0 aliphatic carbocycles. The first-order valence-electron chi connectivity index (χ1n) is 6.31. The second-order valence-corrected chi connectivity index (χ2v) is 4.73. The van der Waals surface area contributed by atoms with Crippen molar-refractivity contribution >= 4 is 11.7 Å². The highest BCUT2D eigenvalue weighted by molar-refractivity contribution is 5.84. The van der Waals surface area contributed by atoms with Crippen LogP contribution in [0.2, 0.25) is 0 Å². The minimum Gasteiger partial charge on any atom is -0.378 e. The van der Waals surface area contributed by atoms with Gasteiger partial charge in [-0.25, -0.2) is 0 Å². The lowest BCUT2D eigenvalue weighted by atomic mass is 10.1. The van der Waals surface area contributed by atoms with Gasteiger partial charge >= 0.3 is 0 Å². The van der Waals surface area contributed by atoms with Crippen molar-refractivity contribution in [2.24, 2.45) is 0 Å². The largest absolute Gasteiger partial charge is 0.378 e. The number of piperidine rings is 1. The van der Waals surface area contributed by atoms with E-state index in [0.29, 0.717) is 39.3 Å². The summed E-state index contributed by atoms with van der Waals surface area (Å²) >= 11 is 0. The highest BCUT2D eigenvalue weighted by Gasteiger charge is 2.29. The third-order valence-corrected chi connectivity index (χ3v) is 3.51. The molecule has 2 aliphatic heterocycles. The van der Waals surface area contributed by atoms with E-state index in [0.717, 1.165) is 13.0 Å². The Morgan fingerprint density at radius 2 is 2.00 bits per heavy atom. The van der Waals surface area contributed by atoms with E-state index < -0.39 is 0 Å². The van der Waals surface area contributed by atoms with Gasteiger partial charge in [0.05, 0.1) is 25.8 Å². The second kappa shape index (κ2) is 5.60. The summed E-state index contributed by atoms with van der Waals surface area (Å²) in [5.74, 6) is 0.376. The third kappa shape index (κ3) is 3.04. The number of nitrogens with zero attached hydrogens (tertiary/aromatic N) is 2. The molecule has 2 rings (SSSR count). The number of likely N-dealkylation sites (tertiary alicyclic amines) is 1. The summed E-state index contributed by atoms with van der Waals surface area (Å²) in [5.41, 5.74) is 0. The molecule has 5 nitrogen and oxygen atoms in total. The summed E-state index contributed by atoms with van der Waals surface area (Å²) in [6.07, 6.45) is 1.54. The predicted octanol–water partition coefficient (Wildman–Crippen LogP) is -0.101. The quantitative estimate of drug-likeness (QED) is 0.676. The molecular formula is C12H20N2O3. The fourth-order valence-corrected chi connectivity index (χ4v) is 2.40. The van der Waals surface area contributed by atoms with Crippen LogP contribution < -0.4 is 0 Å². The van der Waals surface area contributed by atoms with Gasteiger partial charge in [0.2, 0.25) is 5.91 Å². The molecule has 0 saturated carbocycles. The van der Waals surface area contributed by atoms with E-state index in [1.165, 1.54) is 0 Å². The maximum atomic E-state index is 12.2. The van der Waals surface area contributed by atoms with Gasteiger partial charge in [0, 0.05) is 19.5 Å². The SMILES string of the molecule is CC(C(=O)N1CCOCC1)N1CCCC(=O)C1. The smallest absolute Gasteiger partial charge is 0.239 e. The van der Waals surface area contributed by atoms with E-state index in [2.05, 4.69) is 0 Å². The Labute approximate surface area is 102 Å². The molecular weight excluding hydrogens is 220 g/mol. The number of Topliss-reactive ketones (excluding diaryl/α,β-unsaturated/α-hetero) is 1. The number of hydrogen-bond acceptors (Lipinski definition) is 4. The Morgan fingerprint density at radius 1 is 1.29 bits per heavy atom. The molecule has 0 aromatic carbocycles. The Morgan fingerprint density at radius 3 is 2.65 bits per heavy atom. The lowest BCUT2D eigenvalue weighted by Gasteiger charge is -2.35. The average molecular weight is 240 g/mol.